The molecular weight excluding hydrogens is 425 g/mol. The number of halogens is 2. The van der Waals surface area contributed by atoms with Gasteiger partial charge in [0.1, 0.15) is 0 Å². The van der Waals surface area contributed by atoms with Crippen LogP contribution in [0.5, 0.6) is 0 Å². The first kappa shape index (κ1) is 20.7. The molecule has 0 amide bonds. The Morgan fingerprint density at radius 1 is 1.07 bits per heavy atom. The molecule has 3 aromatic rings. The monoisotopic (exact) mass is 445 g/mol. The van der Waals surface area contributed by atoms with Crippen LogP contribution in [0, 0.1) is 12.8 Å². The molecule has 6 nitrogen and oxygen atoms in total. The highest BCUT2D eigenvalue weighted by Gasteiger charge is 2.30. The Bertz CT molecular complexity index is 1110. The quantitative estimate of drug-likeness (QED) is 0.545. The third kappa shape index (κ3) is 3.55. The summed E-state index contributed by atoms with van der Waals surface area (Å²) < 4.78 is 6.24. The maximum Gasteiger partial charge on any atom is 0.308 e. The zero-order valence-corrected chi connectivity index (χ0v) is 18.2. The van der Waals surface area contributed by atoms with E-state index in [9.17, 15) is 9.59 Å². The van der Waals surface area contributed by atoms with Gasteiger partial charge in [-0.3, -0.25) is 9.59 Å². The van der Waals surface area contributed by atoms with Crippen molar-refractivity contribution in [1.29, 1.82) is 0 Å². The molecule has 2 heterocycles. The van der Waals surface area contributed by atoms with Crippen molar-refractivity contribution in [3.8, 4) is 0 Å². The molecule has 0 N–H and O–H groups in total. The first-order chi connectivity index (χ1) is 14.4. The van der Waals surface area contributed by atoms with Crippen LogP contribution < -0.4 is 4.90 Å². The van der Waals surface area contributed by atoms with E-state index in [1.165, 1.54) is 11.8 Å². The minimum absolute atomic E-state index is 0.123. The number of nitrogens with zero attached hydrogens (tertiary/aromatic N) is 3. The number of hydrogen-bond acceptors (Lipinski definition) is 5. The molecule has 1 saturated heterocycles. The number of carbonyl (C=O) groups is 2. The van der Waals surface area contributed by atoms with Gasteiger partial charge in [-0.1, -0.05) is 41.4 Å². The van der Waals surface area contributed by atoms with E-state index in [2.05, 4.69) is 10.00 Å². The zero-order valence-electron chi connectivity index (χ0n) is 16.7. The molecule has 1 aliphatic heterocycles. The van der Waals surface area contributed by atoms with Crippen molar-refractivity contribution in [2.45, 2.75) is 19.8 Å². The Labute approximate surface area is 184 Å². The van der Waals surface area contributed by atoms with E-state index in [4.69, 9.17) is 27.9 Å². The lowest BCUT2D eigenvalue weighted by Gasteiger charge is -2.31. The van der Waals surface area contributed by atoms with Crippen molar-refractivity contribution in [1.82, 2.24) is 9.78 Å². The van der Waals surface area contributed by atoms with E-state index in [0.717, 1.165) is 5.56 Å². The molecule has 1 aliphatic rings. The van der Waals surface area contributed by atoms with Crippen molar-refractivity contribution in [2.75, 3.05) is 25.1 Å². The highest BCUT2D eigenvalue weighted by atomic mass is 35.5. The van der Waals surface area contributed by atoms with Crippen LogP contribution in [-0.2, 0) is 9.53 Å². The Hall–Kier alpha value is -2.57. The molecule has 0 unspecified atom stereocenters. The topological polar surface area (TPSA) is 64.4 Å². The molecule has 0 radical (unpaired) electrons. The number of hydrogen-bond donors (Lipinski definition) is 0. The predicted octanol–water partition coefficient (Wildman–Crippen LogP) is 4.73. The number of aryl methyl sites for hydroxylation is 1. The van der Waals surface area contributed by atoms with Crippen LogP contribution in [0.2, 0.25) is 10.0 Å². The van der Waals surface area contributed by atoms with Gasteiger partial charge < -0.3 is 9.64 Å². The summed E-state index contributed by atoms with van der Waals surface area (Å²) in [6, 6.07) is 10.7. The van der Waals surface area contributed by atoms with Crippen LogP contribution >= 0.6 is 23.2 Å². The minimum atomic E-state index is -0.305. The molecular formula is C22H21Cl2N3O3. The number of ether oxygens (including phenoxy) is 1. The third-order valence-corrected chi connectivity index (χ3v) is 6.23. The van der Waals surface area contributed by atoms with Gasteiger partial charge in [-0.25, -0.2) is 0 Å². The van der Waals surface area contributed by atoms with Gasteiger partial charge in [0.2, 0.25) is 0 Å². The fourth-order valence-corrected chi connectivity index (χ4v) is 4.54. The third-order valence-electron chi connectivity index (χ3n) is 5.60. The summed E-state index contributed by atoms with van der Waals surface area (Å²) in [6.07, 6.45) is 1.31. The molecule has 8 heteroatoms. The van der Waals surface area contributed by atoms with Crippen molar-refractivity contribution >= 4 is 51.8 Å². The first-order valence-electron chi connectivity index (χ1n) is 9.72. The summed E-state index contributed by atoms with van der Waals surface area (Å²) in [5.74, 6) is 0.0213. The molecule has 0 saturated carbocycles. The number of benzene rings is 2. The fourth-order valence-electron chi connectivity index (χ4n) is 3.99. The van der Waals surface area contributed by atoms with Crippen LogP contribution in [0.15, 0.2) is 36.4 Å². The van der Waals surface area contributed by atoms with Gasteiger partial charge in [0.15, 0.2) is 5.82 Å². The van der Waals surface area contributed by atoms with Crippen LogP contribution in [0.25, 0.3) is 10.9 Å². The van der Waals surface area contributed by atoms with Crippen molar-refractivity contribution in [3.05, 3.63) is 57.6 Å². The van der Waals surface area contributed by atoms with Crippen LogP contribution in [-0.4, -0.2) is 41.9 Å². The van der Waals surface area contributed by atoms with Crippen LogP contribution in [0.3, 0.4) is 0 Å². The summed E-state index contributed by atoms with van der Waals surface area (Å²) in [6.45, 7) is 3.09. The van der Waals surface area contributed by atoms with Crippen molar-refractivity contribution < 1.29 is 14.3 Å². The summed E-state index contributed by atoms with van der Waals surface area (Å²) in [5, 5.41) is 6.27. The predicted molar refractivity (Wildman–Crippen MR) is 118 cm³/mol. The minimum Gasteiger partial charge on any atom is -0.469 e. The number of methoxy groups -OCH3 is 1. The van der Waals surface area contributed by atoms with Gasteiger partial charge in [0.05, 0.1) is 39.5 Å². The molecule has 1 fully saturated rings. The molecule has 1 aromatic heterocycles. The van der Waals surface area contributed by atoms with E-state index < -0.39 is 0 Å². The maximum absolute atomic E-state index is 13.4. The van der Waals surface area contributed by atoms with E-state index in [1.807, 2.05) is 25.1 Å². The highest BCUT2D eigenvalue weighted by molar-refractivity contribution is 6.37. The molecule has 0 atom stereocenters. The van der Waals surface area contributed by atoms with Crippen LogP contribution in [0.1, 0.15) is 28.8 Å². The van der Waals surface area contributed by atoms with E-state index in [1.54, 1.807) is 18.2 Å². The van der Waals surface area contributed by atoms with Crippen molar-refractivity contribution in [3.63, 3.8) is 0 Å². The van der Waals surface area contributed by atoms with Gasteiger partial charge >= 0.3 is 5.97 Å². The van der Waals surface area contributed by atoms with Gasteiger partial charge in [0, 0.05) is 13.1 Å². The SMILES string of the molecule is COC(=O)C1CCN(c2nn(C(=O)c3c(C)cccc3Cl)c3cccc(Cl)c23)CC1. The summed E-state index contributed by atoms with van der Waals surface area (Å²) in [5.41, 5.74) is 1.81. The summed E-state index contributed by atoms with van der Waals surface area (Å²) in [4.78, 5) is 27.3. The molecule has 2 aromatic carbocycles. The number of anilines is 1. The maximum atomic E-state index is 13.4. The number of fused-ring (bicyclic) bond motifs is 1. The second-order valence-electron chi connectivity index (χ2n) is 7.39. The van der Waals surface area contributed by atoms with Gasteiger partial charge in [-0.05, 0) is 43.5 Å². The van der Waals surface area contributed by atoms with E-state index >= 15 is 0 Å². The second-order valence-corrected chi connectivity index (χ2v) is 8.21. The molecule has 0 bridgehead atoms. The smallest absolute Gasteiger partial charge is 0.308 e. The largest absolute Gasteiger partial charge is 0.469 e. The molecule has 156 valence electrons. The van der Waals surface area contributed by atoms with Gasteiger partial charge in [0.25, 0.3) is 5.91 Å². The second kappa shape index (κ2) is 8.28. The lowest BCUT2D eigenvalue weighted by atomic mass is 9.97. The van der Waals surface area contributed by atoms with E-state index in [-0.39, 0.29) is 17.8 Å². The zero-order chi connectivity index (χ0) is 21.4. The average molecular weight is 446 g/mol. The number of esters is 1. The van der Waals surface area contributed by atoms with E-state index in [0.29, 0.717) is 58.3 Å². The number of piperidine rings is 1. The summed E-state index contributed by atoms with van der Waals surface area (Å²) in [7, 11) is 1.41. The Balaban J connectivity index is 1.76. The number of rotatable bonds is 3. The fraction of sp³-hybridized carbons (Fsp3) is 0.318. The molecule has 4 rings (SSSR count). The van der Waals surface area contributed by atoms with Crippen LogP contribution in [0.4, 0.5) is 5.82 Å². The van der Waals surface area contributed by atoms with Gasteiger partial charge in [-0.15, -0.1) is 5.10 Å². The number of aromatic nitrogens is 2. The summed E-state index contributed by atoms with van der Waals surface area (Å²) >= 11 is 12.8. The Morgan fingerprint density at radius 3 is 2.40 bits per heavy atom. The molecule has 0 spiro atoms. The Morgan fingerprint density at radius 2 is 1.73 bits per heavy atom. The normalized spacial score (nSPS) is 14.9. The average Bonchev–Trinajstić information content (AvgIpc) is 3.14. The highest BCUT2D eigenvalue weighted by Crippen LogP contribution is 2.35. The lowest BCUT2D eigenvalue weighted by Crippen LogP contribution is -2.37. The lowest BCUT2D eigenvalue weighted by molar-refractivity contribution is -0.146. The first-order valence-corrected chi connectivity index (χ1v) is 10.5. The molecule has 0 aliphatic carbocycles. The number of carbonyl (C=O) groups excluding carboxylic acids is 2. The Kier molecular flexibility index (Phi) is 5.71. The van der Waals surface area contributed by atoms with Crippen molar-refractivity contribution in [2.24, 2.45) is 5.92 Å². The van der Waals surface area contributed by atoms with Gasteiger partial charge in [-0.2, -0.15) is 4.68 Å². The molecule has 30 heavy (non-hydrogen) atoms. The standard InChI is InChI=1S/C22H21Cl2N3O3/c1-13-5-3-6-15(23)18(13)21(28)27-17-8-4-7-16(24)19(17)20(25-27)26-11-9-14(10-12-26)22(29)30-2/h3-8,14H,9-12H2,1-2H3.